The van der Waals surface area contributed by atoms with E-state index in [1.54, 1.807) is 0 Å². The zero-order valence-electron chi connectivity index (χ0n) is 4.17. The maximum Gasteiger partial charge on any atom is 0.294 e. The second-order valence-corrected chi connectivity index (χ2v) is 2.33. The minimum Gasteiger partial charge on any atom is -0.353 e. The standard InChI is InChI=1S/C4HClN2OS/c5-8-4-7-2-3(1-6)9-4/h2H. The largest absolute Gasteiger partial charge is 0.353 e. The van der Waals surface area contributed by atoms with Crippen molar-refractivity contribution in [3.63, 3.8) is 0 Å². The highest BCUT2D eigenvalue weighted by molar-refractivity contribution is 7.14. The normalized spacial score (nSPS) is 8.44. The first-order valence-electron chi connectivity index (χ1n) is 2.01. The zero-order chi connectivity index (χ0) is 6.69. The number of hydrogen-bond acceptors (Lipinski definition) is 4. The summed E-state index contributed by atoms with van der Waals surface area (Å²) in [6, 6.07) is 1.90. The van der Waals surface area contributed by atoms with E-state index in [1.807, 2.05) is 6.07 Å². The molecule has 1 aromatic rings. The molecule has 3 nitrogen and oxygen atoms in total. The lowest BCUT2D eigenvalue weighted by atomic mass is 10.6. The van der Waals surface area contributed by atoms with Crippen LogP contribution in [-0.2, 0) is 0 Å². The van der Waals surface area contributed by atoms with Gasteiger partial charge in [-0.1, -0.05) is 11.3 Å². The molecule has 0 aromatic carbocycles. The Morgan fingerprint density at radius 3 is 3.00 bits per heavy atom. The molecule has 0 atom stereocenters. The van der Waals surface area contributed by atoms with Gasteiger partial charge in [0.2, 0.25) is 0 Å². The van der Waals surface area contributed by atoms with Crippen LogP contribution in [0.1, 0.15) is 4.88 Å². The molecule has 1 aromatic heterocycles. The van der Waals surface area contributed by atoms with E-state index in [1.165, 1.54) is 6.20 Å². The van der Waals surface area contributed by atoms with Crippen molar-refractivity contribution in [2.75, 3.05) is 0 Å². The molecule has 46 valence electrons. The first-order valence-corrected chi connectivity index (χ1v) is 3.14. The number of thiazole rings is 1. The summed E-state index contributed by atoms with van der Waals surface area (Å²) in [7, 11) is 0. The Kier molecular flexibility index (Phi) is 1.88. The van der Waals surface area contributed by atoms with Gasteiger partial charge in [-0.2, -0.15) is 5.26 Å². The molecule has 1 rings (SSSR count). The lowest BCUT2D eigenvalue weighted by molar-refractivity contribution is 0.612. The van der Waals surface area contributed by atoms with Crippen LogP contribution in [0.4, 0.5) is 0 Å². The third-order valence-corrected chi connectivity index (χ3v) is 1.68. The number of hydrogen-bond donors (Lipinski definition) is 0. The minimum absolute atomic E-state index is 0.299. The van der Waals surface area contributed by atoms with Crippen LogP contribution >= 0.6 is 23.2 Å². The molecule has 0 N–H and O–H groups in total. The van der Waals surface area contributed by atoms with E-state index in [0.717, 1.165) is 11.3 Å². The molecular formula is C4HClN2OS. The summed E-state index contributed by atoms with van der Waals surface area (Å²) in [5, 5.41) is 8.57. The first-order chi connectivity index (χ1) is 4.36. The van der Waals surface area contributed by atoms with E-state index in [2.05, 4.69) is 9.27 Å². The van der Waals surface area contributed by atoms with Crippen molar-refractivity contribution in [1.82, 2.24) is 4.98 Å². The van der Waals surface area contributed by atoms with Crippen LogP contribution in [0, 0.1) is 11.3 Å². The summed E-state index contributed by atoms with van der Waals surface area (Å²) < 4.78 is 4.23. The van der Waals surface area contributed by atoms with Gasteiger partial charge in [-0.15, -0.1) is 0 Å². The predicted molar refractivity (Wildman–Crippen MR) is 33.3 cm³/mol. The van der Waals surface area contributed by atoms with Gasteiger partial charge in [-0.3, -0.25) is 0 Å². The quantitative estimate of drug-likeness (QED) is 0.626. The van der Waals surface area contributed by atoms with Crippen LogP contribution in [-0.4, -0.2) is 4.98 Å². The molecule has 0 aliphatic heterocycles. The number of aromatic nitrogens is 1. The minimum atomic E-state index is 0.299. The Morgan fingerprint density at radius 1 is 1.89 bits per heavy atom. The summed E-state index contributed by atoms with van der Waals surface area (Å²) >= 11 is 6.04. The molecule has 0 unspecified atom stereocenters. The Morgan fingerprint density at radius 2 is 2.67 bits per heavy atom. The molecule has 0 radical (unpaired) electrons. The van der Waals surface area contributed by atoms with Gasteiger partial charge in [-0.05, 0) is 0 Å². The van der Waals surface area contributed by atoms with Gasteiger partial charge in [0, 0.05) is 0 Å². The molecule has 0 fully saturated rings. The molecule has 0 aliphatic rings. The fourth-order valence-corrected chi connectivity index (χ4v) is 0.956. The molecule has 5 heteroatoms. The second kappa shape index (κ2) is 2.67. The van der Waals surface area contributed by atoms with Crippen molar-refractivity contribution >= 4 is 23.2 Å². The van der Waals surface area contributed by atoms with Crippen LogP contribution < -0.4 is 4.29 Å². The Bertz CT molecular complexity index is 241. The highest BCUT2D eigenvalue weighted by Crippen LogP contribution is 2.19. The van der Waals surface area contributed by atoms with Gasteiger partial charge in [0.25, 0.3) is 5.19 Å². The smallest absolute Gasteiger partial charge is 0.294 e. The van der Waals surface area contributed by atoms with E-state index in [0.29, 0.717) is 10.1 Å². The van der Waals surface area contributed by atoms with Crippen molar-refractivity contribution in [2.24, 2.45) is 0 Å². The number of halogens is 1. The number of rotatable bonds is 1. The molecule has 0 aliphatic carbocycles. The fourth-order valence-electron chi connectivity index (χ4n) is 0.345. The van der Waals surface area contributed by atoms with Gasteiger partial charge >= 0.3 is 0 Å². The van der Waals surface area contributed by atoms with E-state index in [4.69, 9.17) is 17.1 Å². The lowest BCUT2D eigenvalue weighted by Crippen LogP contribution is -1.66. The van der Waals surface area contributed by atoms with Crippen molar-refractivity contribution in [1.29, 1.82) is 5.26 Å². The van der Waals surface area contributed by atoms with Crippen LogP contribution in [0.5, 0.6) is 5.19 Å². The van der Waals surface area contributed by atoms with Gasteiger partial charge in [-0.25, -0.2) is 4.98 Å². The molecule has 0 saturated heterocycles. The van der Waals surface area contributed by atoms with E-state index in [9.17, 15) is 0 Å². The first kappa shape index (κ1) is 6.33. The SMILES string of the molecule is N#Cc1cnc(OCl)s1. The van der Waals surface area contributed by atoms with Gasteiger partial charge in [0.1, 0.15) is 22.8 Å². The summed E-state index contributed by atoms with van der Waals surface area (Å²) in [5.74, 6) is 0. The zero-order valence-corrected chi connectivity index (χ0v) is 5.74. The third-order valence-electron chi connectivity index (χ3n) is 0.661. The molecule has 0 amide bonds. The van der Waals surface area contributed by atoms with Crippen molar-refractivity contribution in [2.45, 2.75) is 0 Å². The maximum absolute atomic E-state index is 8.27. The van der Waals surface area contributed by atoms with Crippen LogP contribution in [0.15, 0.2) is 6.20 Å². The summed E-state index contributed by atoms with van der Waals surface area (Å²) in [6.07, 6.45) is 1.41. The maximum atomic E-state index is 8.27. The lowest BCUT2D eigenvalue weighted by Gasteiger charge is -1.78. The molecule has 0 saturated carbocycles. The number of nitriles is 1. The number of nitrogens with zero attached hydrogens (tertiary/aromatic N) is 2. The third kappa shape index (κ3) is 1.31. The molecule has 1 heterocycles. The second-order valence-electron chi connectivity index (χ2n) is 1.18. The highest BCUT2D eigenvalue weighted by atomic mass is 35.5. The molecular weight excluding hydrogens is 160 g/mol. The summed E-state index contributed by atoms with van der Waals surface area (Å²) in [6.45, 7) is 0. The van der Waals surface area contributed by atoms with Crippen molar-refractivity contribution in [3.05, 3.63) is 11.1 Å². The van der Waals surface area contributed by atoms with Crippen LogP contribution in [0.2, 0.25) is 0 Å². The fraction of sp³-hybridized carbons (Fsp3) is 0. The Balaban J connectivity index is 2.90. The molecule has 0 spiro atoms. The van der Waals surface area contributed by atoms with E-state index < -0.39 is 0 Å². The van der Waals surface area contributed by atoms with E-state index >= 15 is 0 Å². The Labute approximate surface area is 60.6 Å². The highest BCUT2D eigenvalue weighted by Gasteiger charge is 1.98. The summed E-state index contributed by atoms with van der Waals surface area (Å²) in [4.78, 5) is 4.14. The molecule has 0 bridgehead atoms. The topological polar surface area (TPSA) is 45.9 Å². The van der Waals surface area contributed by atoms with Crippen molar-refractivity contribution in [3.8, 4) is 11.3 Å². The molecule has 9 heavy (non-hydrogen) atoms. The van der Waals surface area contributed by atoms with Gasteiger partial charge in [0.05, 0.1) is 6.20 Å². The summed E-state index contributed by atoms with van der Waals surface area (Å²) in [5.41, 5.74) is 0. The van der Waals surface area contributed by atoms with Gasteiger partial charge < -0.3 is 4.29 Å². The average Bonchev–Trinajstić information content (AvgIpc) is 2.34. The van der Waals surface area contributed by atoms with E-state index in [-0.39, 0.29) is 0 Å². The van der Waals surface area contributed by atoms with Gasteiger partial charge in [0.15, 0.2) is 0 Å². The average molecular weight is 161 g/mol. The van der Waals surface area contributed by atoms with Crippen LogP contribution in [0.3, 0.4) is 0 Å². The van der Waals surface area contributed by atoms with Crippen LogP contribution in [0.25, 0.3) is 0 Å². The Hall–Kier alpha value is -0.790. The predicted octanol–water partition coefficient (Wildman–Crippen LogP) is 1.55. The monoisotopic (exact) mass is 160 g/mol. The van der Waals surface area contributed by atoms with Crippen molar-refractivity contribution < 1.29 is 4.29 Å².